The predicted octanol–water partition coefficient (Wildman–Crippen LogP) is 1.47. The second-order valence-electron chi connectivity index (χ2n) is 2.87. The molecule has 1 heterocycles. The molecule has 0 radical (unpaired) electrons. The van der Waals surface area contributed by atoms with Gasteiger partial charge in [0.2, 0.25) is 6.33 Å². The summed E-state index contributed by atoms with van der Waals surface area (Å²) in [5.41, 5.74) is 0. The van der Waals surface area contributed by atoms with Gasteiger partial charge in [-0.2, -0.15) is 0 Å². The van der Waals surface area contributed by atoms with Gasteiger partial charge in [-0.15, -0.1) is 0 Å². The van der Waals surface area contributed by atoms with Crippen LogP contribution in [0.2, 0.25) is 0 Å². The summed E-state index contributed by atoms with van der Waals surface area (Å²) in [4.78, 5) is 2.96. The van der Waals surface area contributed by atoms with Gasteiger partial charge in [0, 0.05) is 0 Å². The number of aromatic nitrogens is 2. The molecule has 0 fully saturated rings. The van der Waals surface area contributed by atoms with Crippen LogP contribution in [0, 0.1) is 0 Å². The Labute approximate surface area is 73.4 Å². The van der Waals surface area contributed by atoms with Crippen LogP contribution in [0.25, 0.3) is 0 Å². The molecule has 3 heteroatoms. The second kappa shape index (κ2) is 5.77. The minimum atomic E-state index is 0.660. The van der Waals surface area contributed by atoms with E-state index in [1.807, 2.05) is 23.3 Å². The number of hydrogen-bond donors (Lipinski definition) is 1. The van der Waals surface area contributed by atoms with Gasteiger partial charge in [0.25, 0.3) is 0 Å². The Morgan fingerprint density at radius 3 is 3.00 bits per heavy atom. The molecule has 0 saturated carbocycles. The molecule has 0 spiro atoms. The van der Waals surface area contributed by atoms with Gasteiger partial charge in [0.15, 0.2) is 6.73 Å². The van der Waals surface area contributed by atoms with Gasteiger partial charge in [-0.3, -0.25) is 4.98 Å². The summed E-state index contributed by atoms with van der Waals surface area (Å²) in [6, 6.07) is 0. The van der Waals surface area contributed by atoms with E-state index in [1.165, 1.54) is 19.3 Å². The molecule has 0 bridgehead atoms. The van der Waals surface area contributed by atoms with Crippen LogP contribution in [0.4, 0.5) is 0 Å². The molecule has 1 aromatic heterocycles. The maximum atomic E-state index is 5.42. The fraction of sp³-hybridized carbons (Fsp3) is 0.667. The van der Waals surface area contributed by atoms with Gasteiger partial charge in [-0.1, -0.05) is 19.8 Å². The number of hydrogen-bond acceptors (Lipinski definition) is 1. The molecule has 1 aromatic rings. The van der Waals surface area contributed by atoms with E-state index in [0.29, 0.717) is 6.73 Å². The molecule has 0 aromatic carbocycles. The lowest BCUT2D eigenvalue weighted by molar-refractivity contribution is -0.731. The van der Waals surface area contributed by atoms with Gasteiger partial charge in [-0.25, -0.2) is 4.57 Å². The lowest BCUT2D eigenvalue weighted by Crippen LogP contribution is -2.32. The highest BCUT2D eigenvalue weighted by Crippen LogP contribution is 1.93. The summed E-state index contributed by atoms with van der Waals surface area (Å²) in [5, 5.41) is 0. The summed E-state index contributed by atoms with van der Waals surface area (Å²) in [5.74, 6) is 0. The minimum absolute atomic E-state index is 0.660. The number of imidazole rings is 1. The van der Waals surface area contributed by atoms with Gasteiger partial charge < -0.3 is 4.74 Å². The number of ether oxygens (including phenoxy) is 1. The van der Waals surface area contributed by atoms with Crippen LogP contribution < -0.4 is 4.57 Å². The highest BCUT2D eigenvalue weighted by atomic mass is 16.5. The van der Waals surface area contributed by atoms with E-state index in [1.54, 1.807) is 0 Å². The first-order valence-corrected chi connectivity index (χ1v) is 4.53. The van der Waals surface area contributed by atoms with Crippen molar-refractivity contribution in [2.45, 2.75) is 32.9 Å². The Bertz CT molecular complexity index is 184. The van der Waals surface area contributed by atoms with E-state index in [-0.39, 0.29) is 0 Å². The lowest BCUT2D eigenvalue weighted by atomic mass is 10.3. The minimum Gasteiger partial charge on any atom is -0.342 e. The van der Waals surface area contributed by atoms with Gasteiger partial charge in [0.05, 0.1) is 6.61 Å². The van der Waals surface area contributed by atoms with Crippen molar-refractivity contribution in [2.24, 2.45) is 0 Å². The SMILES string of the molecule is CCCCCOC[n+]1cc[nH]c1. The third-order valence-electron chi connectivity index (χ3n) is 1.74. The Morgan fingerprint density at radius 2 is 2.33 bits per heavy atom. The third-order valence-corrected chi connectivity index (χ3v) is 1.74. The summed E-state index contributed by atoms with van der Waals surface area (Å²) >= 11 is 0. The number of nitrogens with zero attached hydrogens (tertiary/aromatic N) is 1. The first-order chi connectivity index (χ1) is 5.93. The molecule has 0 aliphatic heterocycles. The quantitative estimate of drug-likeness (QED) is 0.507. The molecular weight excluding hydrogens is 152 g/mol. The number of rotatable bonds is 6. The van der Waals surface area contributed by atoms with E-state index in [9.17, 15) is 0 Å². The second-order valence-corrected chi connectivity index (χ2v) is 2.87. The Kier molecular flexibility index (Phi) is 4.46. The molecule has 0 atom stereocenters. The number of H-pyrrole nitrogens is 1. The maximum absolute atomic E-state index is 5.42. The van der Waals surface area contributed by atoms with Crippen molar-refractivity contribution in [1.82, 2.24) is 4.98 Å². The first kappa shape index (κ1) is 9.26. The molecule has 0 unspecified atom stereocenters. The molecule has 68 valence electrons. The van der Waals surface area contributed by atoms with Crippen molar-refractivity contribution in [3.63, 3.8) is 0 Å². The van der Waals surface area contributed by atoms with Crippen LogP contribution >= 0.6 is 0 Å². The van der Waals surface area contributed by atoms with E-state index in [0.717, 1.165) is 6.61 Å². The zero-order valence-electron chi connectivity index (χ0n) is 7.62. The third kappa shape index (κ3) is 3.53. The molecular formula is C9H17N2O+. The Morgan fingerprint density at radius 1 is 1.42 bits per heavy atom. The van der Waals surface area contributed by atoms with Crippen LogP contribution in [0.15, 0.2) is 18.7 Å². The van der Waals surface area contributed by atoms with E-state index in [4.69, 9.17) is 4.74 Å². The molecule has 0 aliphatic carbocycles. The van der Waals surface area contributed by atoms with Gasteiger partial charge in [-0.05, 0) is 6.42 Å². The van der Waals surface area contributed by atoms with Crippen molar-refractivity contribution in [1.29, 1.82) is 0 Å². The van der Waals surface area contributed by atoms with Crippen LogP contribution in [0.3, 0.4) is 0 Å². The zero-order chi connectivity index (χ0) is 8.65. The average Bonchev–Trinajstić information content (AvgIpc) is 2.57. The molecule has 0 aliphatic rings. The molecule has 12 heavy (non-hydrogen) atoms. The fourth-order valence-corrected chi connectivity index (χ4v) is 1.02. The van der Waals surface area contributed by atoms with Gasteiger partial charge in [0.1, 0.15) is 12.4 Å². The van der Waals surface area contributed by atoms with Crippen LogP contribution in [0.5, 0.6) is 0 Å². The summed E-state index contributed by atoms with van der Waals surface area (Å²) in [6.45, 7) is 3.72. The number of unbranched alkanes of at least 4 members (excludes halogenated alkanes) is 2. The van der Waals surface area contributed by atoms with E-state index in [2.05, 4.69) is 11.9 Å². The van der Waals surface area contributed by atoms with Gasteiger partial charge >= 0.3 is 0 Å². The highest BCUT2D eigenvalue weighted by Gasteiger charge is 1.94. The molecule has 0 saturated heterocycles. The van der Waals surface area contributed by atoms with Crippen molar-refractivity contribution in [2.75, 3.05) is 6.61 Å². The Hall–Kier alpha value is -0.830. The van der Waals surface area contributed by atoms with E-state index < -0.39 is 0 Å². The lowest BCUT2D eigenvalue weighted by Gasteiger charge is -1.99. The highest BCUT2D eigenvalue weighted by molar-refractivity contribution is 4.54. The van der Waals surface area contributed by atoms with Crippen molar-refractivity contribution in [3.8, 4) is 0 Å². The van der Waals surface area contributed by atoms with Crippen LogP contribution in [0.1, 0.15) is 26.2 Å². The average molecular weight is 169 g/mol. The largest absolute Gasteiger partial charge is 0.342 e. The summed E-state index contributed by atoms with van der Waals surface area (Å²) < 4.78 is 7.40. The maximum Gasteiger partial charge on any atom is 0.243 e. The van der Waals surface area contributed by atoms with E-state index >= 15 is 0 Å². The Balaban J connectivity index is 1.96. The first-order valence-electron chi connectivity index (χ1n) is 4.53. The van der Waals surface area contributed by atoms with Crippen molar-refractivity contribution >= 4 is 0 Å². The van der Waals surface area contributed by atoms with Crippen LogP contribution in [-0.4, -0.2) is 11.6 Å². The number of nitrogens with one attached hydrogen (secondary N) is 1. The fourth-order valence-electron chi connectivity index (χ4n) is 1.02. The topological polar surface area (TPSA) is 28.9 Å². The zero-order valence-corrected chi connectivity index (χ0v) is 7.62. The molecule has 3 nitrogen and oxygen atoms in total. The van der Waals surface area contributed by atoms with Crippen LogP contribution in [-0.2, 0) is 11.5 Å². The monoisotopic (exact) mass is 169 g/mol. The molecule has 1 N–H and O–H groups in total. The standard InChI is InChI=1S/C9H16N2O/c1-2-3-4-7-12-9-11-6-5-10-8-11/h5-6,8H,2-4,7,9H2,1H3/p+1. The smallest absolute Gasteiger partial charge is 0.243 e. The summed E-state index contributed by atoms with van der Waals surface area (Å²) in [7, 11) is 0. The van der Waals surface area contributed by atoms with Crippen molar-refractivity contribution in [3.05, 3.63) is 18.7 Å². The van der Waals surface area contributed by atoms with Crippen molar-refractivity contribution < 1.29 is 9.30 Å². The summed E-state index contributed by atoms with van der Waals surface area (Å²) in [6.07, 6.45) is 9.41. The predicted molar refractivity (Wildman–Crippen MR) is 46.5 cm³/mol. The number of aromatic amines is 1. The normalized spacial score (nSPS) is 10.4. The molecule has 0 amide bonds. The molecule has 1 rings (SSSR count).